The van der Waals surface area contributed by atoms with Crippen LogP contribution >= 0.6 is 0 Å². The first-order valence-corrected chi connectivity index (χ1v) is 7.89. The lowest BCUT2D eigenvalue weighted by molar-refractivity contribution is -0.142. The lowest BCUT2D eigenvalue weighted by Gasteiger charge is -2.29. The average molecular weight is 289 g/mol. The molecule has 0 spiro atoms. The minimum atomic E-state index is -0.440. The van der Waals surface area contributed by atoms with Gasteiger partial charge in [-0.25, -0.2) is 0 Å². The first kappa shape index (κ1) is 14.4. The lowest BCUT2D eigenvalue weighted by atomic mass is 9.92. The van der Waals surface area contributed by atoms with Gasteiger partial charge in [0.15, 0.2) is 6.10 Å². The normalized spacial score (nSPS) is 19.8. The van der Waals surface area contributed by atoms with Crippen molar-refractivity contribution >= 4 is 5.91 Å². The van der Waals surface area contributed by atoms with E-state index in [1.165, 1.54) is 24.0 Å². The maximum absolute atomic E-state index is 12.3. The summed E-state index contributed by atoms with van der Waals surface area (Å²) in [7, 11) is 0. The minimum absolute atomic E-state index is 0.0519. The van der Waals surface area contributed by atoms with Gasteiger partial charge in [-0.15, -0.1) is 0 Å². The highest BCUT2D eigenvalue weighted by molar-refractivity contribution is 5.81. The number of amides is 1. The van der Waals surface area contributed by atoms with Gasteiger partial charge in [-0.2, -0.15) is 0 Å². The predicted molar refractivity (Wildman–Crippen MR) is 80.6 cm³/mol. The van der Waals surface area contributed by atoms with Crippen LogP contribution in [0.3, 0.4) is 0 Å². The Morgan fingerprint density at radius 3 is 2.67 bits per heavy atom. The van der Waals surface area contributed by atoms with Gasteiger partial charge < -0.3 is 14.4 Å². The van der Waals surface area contributed by atoms with Gasteiger partial charge in [0, 0.05) is 13.1 Å². The van der Waals surface area contributed by atoms with Gasteiger partial charge in [0.1, 0.15) is 5.75 Å². The molecule has 0 saturated carbocycles. The molecule has 1 fully saturated rings. The van der Waals surface area contributed by atoms with Crippen LogP contribution in [-0.2, 0) is 22.4 Å². The Hall–Kier alpha value is -1.55. The van der Waals surface area contributed by atoms with E-state index in [0.717, 1.165) is 18.6 Å². The Morgan fingerprint density at radius 1 is 1.19 bits per heavy atom. The zero-order valence-corrected chi connectivity index (χ0v) is 12.6. The number of ether oxygens (including phenoxy) is 2. The molecule has 1 saturated heterocycles. The second-order valence-corrected chi connectivity index (χ2v) is 5.84. The molecule has 1 aliphatic carbocycles. The lowest BCUT2D eigenvalue weighted by Crippen LogP contribution is -2.46. The second kappa shape index (κ2) is 6.48. The number of carbonyl (C=O) groups excluding carboxylic acids is 1. The first-order valence-electron chi connectivity index (χ1n) is 7.89. The monoisotopic (exact) mass is 289 g/mol. The van der Waals surface area contributed by atoms with Crippen LogP contribution in [0.25, 0.3) is 0 Å². The summed E-state index contributed by atoms with van der Waals surface area (Å²) >= 11 is 0. The zero-order valence-electron chi connectivity index (χ0n) is 12.6. The molecule has 21 heavy (non-hydrogen) atoms. The molecule has 114 valence electrons. The third-order valence-corrected chi connectivity index (χ3v) is 4.30. The maximum atomic E-state index is 12.3. The van der Waals surface area contributed by atoms with Crippen molar-refractivity contribution in [1.29, 1.82) is 0 Å². The summed E-state index contributed by atoms with van der Waals surface area (Å²) in [5, 5.41) is 0. The standard InChI is InChI=1S/C17H23NO3/c1-13(17(19)18-8-10-20-11-9-18)21-16-7-6-14-4-2-3-5-15(14)12-16/h6-7,12-13H,2-5,8-11H2,1H3/t13-/m1/s1. The van der Waals surface area contributed by atoms with Crippen LogP contribution in [0.15, 0.2) is 18.2 Å². The molecule has 0 N–H and O–H groups in total. The largest absolute Gasteiger partial charge is 0.481 e. The number of aryl methyl sites for hydroxylation is 2. The SMILES string of the molecule is C[C@@H](Oc1ccc2c(c1)CCCC2)C(=O)N1CCOCC1. The highest BCUT2D eigenvalue weighted by atomic mass is 16.5. The second-order valence-electron chi connectivity index (χ2n) is 5.84. The Balaban J connectivity index is 1.63. The molecule has 0 unspecified atom stereocenters. The predicted octanol–water partition coefficient (Wildman–Crippen LogP) is 2.19. The molecule has 0 aromatic heterocycles. The summed E-state index contributed by atoms with van der Waals surface area (Å²) in [5.41, 5.74) is 2.81. The van der Waals surface area contributed by atoms with Crippen LogP contribution in [0.1, 0.15) is 30.9 Å². The minimum Gasteiger partial charge on any atom is -0.481 e. The molecule has 4 nitrogen and oxygen atoms in total. The fourth-order valence-electron chi connectivity index (χ4n) is 3.08. The van der Waals surface area contributed by atoms with E-state index < -0.39 is 6.10 Å². The summed E-state index contributed by atoms with van der Waals surface area (Å²) in [4.78, 5) is 14.2. The number of morpholine rings is 1. The van der Waals surface area contributed by atoms with Crippen LogP contribution in [0, 0.1) is 0 Å². The number of carbonyl (C=O) groups is 1. The molecule has 1 amide bonds. The number of rotatable bonds is 3. The topological polar surface area (TPSA) is 38.8 Å². The molecule has 1 atom stereocenters. The van der Waals surface area contributed by atoms with Crippen LogP contribution < -0.4 is 4.74 Å². The molecule has 4 heteroatoms. The highest BCUT2D eigenvalue weighted by Gasteiger charge is 2.24. The van der Waals surface area contributed by atoms with Gasteiger partial charge in [0.05, 0.1) is 13.2 Å². The van der Waals surface area contributed by atoms with Crippen molar-refractivity contribution in [3.8, 4) is 5.75 Å². The van der Waals surface area contributed by atoms with E-state index in [-0.39, 0.29) is 5.91 Å². The van der Waals surface area contributed by atoms with Gasteiger partial charge in [0.25, 0.3) is 5.91 Å². The fraction of sp³-hybridized carbons (Fsp3) is 0.588. The molecule has 3 rings (SSSR count). The van der Waals surface area contributed by atoms with Gasteiger partial charge in [0.2, 0.25) is 0 Å². The highest BCUT2D eigenvalue weighted by Crippen LogP contribution is 2.26. The van der Waals surface area contributed by atoms with Crippen LogP contribution in [-0.4, -0.2) is 43.2 Å². The molecule has 2 aliphatic rings. The van der Waals surface area contributed by atoms with E-state index in [1.807, 2.05) is 17.9 Å². The molecule has 1 aliphatic heterocycles. The Labute approximate surface area is 126 Å². The van der Waals surface area contributed by atoms with Crippen molar-refractivity contribution in [1.82, 2.24) is 4.90 Å². The van der Waals surface area contributed by atoms with E-state index in [2.05, 4.69) is 12.1 Å². The van der Waals surface area contributed by atoms with Gasteiger partial charge in [-0.05, 0) is 55.9 Å². The van der Waals surface area contributed by atoms with Gasteiger partial charge in [-0.1, -0.05) is 6.07 Å². The van der Waals surface area contributed by atoms with E-state index in [9.17, 15) is 4.79 Å². The maximum Gasteiger partial charge on any atom is 0.263 e. The molecule has 1 heterocycles. The van der Waals surface area contributed by atoms with Crippen LogP contribution in [0.5, 0.6) is 5.75 Å². The average Bonchev–Trinajstić information content (AvgIpc) is 2.55. The molecular weight excluding hydrogens is 266 g/mol. The van der Waals surface area contributed by atoms with Gasteiger partial charge in [-0.3, -0.25) is 4.79 Å². The van der Waals surface area contributed by atoms with Gasteiger partial charge >= 0.3 is 0 Å². The zero-order chi connectivity index (χ0) is 14.7. The van der Waals surface area contributed by atoms with Crippen LogP contribution in [0.4, 0.5) is 0 Å². The molecule has 0 bridgehead atoms. The summed E-state index contributed by atoms with van der Waals surface area (Å²) in [6, 6.07) is 6.25. The Kier molecular flexibility index (Phi) is 4.44. The number of nitrogens with zero attached hydrogens (tertiary/aromatic N) is 1. The van der Waals surface area contributed by atoms with E-state index >= 15 is 0 Å². The van der Waals surface area contributed by atoms with Crippen molar-refractivity contribution in [2.24, 2.45) is 0 Å². The quantitative estimate of drug-likeness (QED) is 0.856. The third-order valence-electron chi connectivity index (χ3n) is 4.30. The van der Waals surface area contributed by atoms with E-state index in [0.29, 0.717) is 26.3 Å². The van der Waals surface area contributed by atoms with Crippen molar-refractivity contribution in [3.63, 3.8) is 0 Å². The Bertz CT molecular complexity index is 509. The van der Waals surface area contributed by atoms with E-state index in [4.69, 9.17) is 9.47 Å². The summed E-state index contributed by atoms with van der Waals surface area (Å²) < 4.78 is 11.1. The van der Waals surface area contributed by atoms with Crippen molar-refractivity contribution in [3.05, 3.63) is 29.3 Å². The Morgan fingerprint density at radius 2 is 1.90 bits per heavy atom. The first-order chi connectivity index (χ1) is 10.2. The summed E-state index contributed by atoms with van der Waals surface area (Å²) in [6.07, 6.45) is 4.37. The number of fused-ring (bicyclic) bond motifs is 1. The number of hydrogen-bond acceptors (Lipinski definition) is 3. The van der Waals surface area contributed by atoms with Crippen molar-refractivity contribution in [2.75, 3.05) is 26.3 Å². The molecule has 1 aromatic rings. The number of hydrogen-bond donors (Lipinski definition) is 0. The van der Waals surface area contributed by atoms with Crippen molar-refractivity contribution in [2.45, 2.75) is 38.7 Å². The van der Waals surface area contributed by atoms with Crippen molar-refractivity contribution < 1.29 is 14.3 Å². The smallest absolute Gasteiger partial charge is 0.263 e. The van der Waals surface area contributed by atoms with E-state index in [1.54, 1.807) is 0 Å². The molecule has 1 aromatic carbocycles. The fourth-order valence-corrected chi connectivity index (χ4v) is 3.08. The molecule has 0 radical (unpaired) electrons. The summed E-state index contributed by atoms with van der Waals surface area (Å²) in [6.45, 7) is 4.40. The molecular formula is C17H23NO3. The van der Waals surface area contributed by atoms with Crippen LogP contribution in [0.2, 0.25) is 0 Å². The summed E-state index contributed by atoms with van der Waals surface area (Å²) in [5.74, 6) is 0.862. The third kappa shape index (κ3) is 3.38. The number of benzene rings is 1.